The van der Waals surface area contributed by atoms with Crippen LogP contribution in [0, 0.1) is 17.5 Å². The summed E-state index contributed by atoms with van der Waals surface area (Å²) in [5, 5.41) is 3.30. The van der Waals surface area contributed by atoms with Gasteiger partial charge in [0.05, 0.1) is 0 Å². The van der Waals surface area contributed by atoms with E-state index in [1.807, 2.05) is 0 Å². The van der Waals surface area contributed by atoms with Gasteiger partial charge < -0.3 is 5.32 Å². The number of hydrogen-bond acceptors (Lipinski definition) is 1. The van der Waals surface area contributed by atoms with Crippen LogP contribution < -0.4 is 5.32 Å². The molecule has 1 aromatic carbocycles. The van der Waals surface area contributed by atoms with Crippen LogP contribution in [0.4, 0.5) is 13.2 Å². The summed E-state index contributed by atoms with van der Waals surface area (Å²) in [5.74, 6) is -3.63. The first-order chi connectivity index (χ1) is 8.66. The Morgan fingerprint density at radius 1 is 0.944 bits per heavy atom. The molecule has 1 nitrogen and oxygen atoms in total. The molecule has 0 spiro atoms. The van der Waals surface area contributed by atoms with Crippen LogP contribution in [-0.4, -0.2) is 6.04 Å². The predicted octanol–water partition coefficient (Wildman–Crippen LogP) is 3.92. The number of halogens is 3. The number of hydrogen-bond donors (Lipinski definition) is 1. The number of nitrogens with one attached hydrogen (secondary N) is 1. The van der Waals surface area contributed by atoms with E-state index in [1.54, 1.807) is 0 Å². The smallest absolute Gasteiger partial charge is 0.194 e. The van der Waals surface area contributed by atoms with Crippen LogP contribution in [0.1, 0.15) is 44.1 Å². The molecule has 0 amide bonds. The minimum Gasteiger partial charge on any atom is -0.310 e. The molecular formula is C14H18F3N. The van der Waals surface area contributed by atoms with E-state index in [0.717, 1.165) is 25.0 Å². The van der Waals surface area contributed by atoms with Crippen molar-refractivity contribution in [2.75, 3.05) is 0 Å². The Labute approximate surface area is 105 Å². The van der Waals surface area contributed by atoms with Gasteiger partial charge in [0.1, 0.15) is 0 Å². The summed E-state index contributed by atoms with van der Waals surface area (Å²) < 4.78 is 38.8. The number of rotatable bonds is 3. The molecule has 1 aliphatic carbocycles. The Balaban J connectivity index is 1.93. The van der Waals surface area contributed by atoms with E-state index < -0.39 is 17.5 Å². The molecule has 0 radical (unpaired) electrons. The zero-order chi connectivity index (χ0) is 13.0. The largest absolute Gasteiger partial charge is 0.310 e. The maximum Gasteiger partial charge on any atom is 0.194 e. The van der Waals surface area contributed by atoms with Gasteiger partial charge in [0.25, 0.3) is 0 Å². The second-order valence-electron chi connectivity index (χ2n) is 4.94. The average Bonchev–Trinajstić information content (AvgIpc) is 2.61. The lowest BCUT2D eigenvalue weighted by Crippen LogP contribution is -2.28. The maximum absolute atomic E-state index is 13.0. The SMILES string of the molecule is Fc1cc(CNC2CCCCCC2)cc(F)c1F. The predicted molar refractivity (Wildman–Crippen MR) is 64.6 cm³/mol. The molecule has 1 N–H and O–H groups in total. The summed E-state index contributed by atoms with van der Waals surface area (Å²) in [6.45, 7) is 0.388. The van der Waals surface area contributed by atoms with Gasteiger partial charge in [-0.15, -0.1) is 0 Å². The molecule has 1 aromatic rings. The zero-order valence-electron chi connectivity index (χ0n) is 10.3. The van der Waals surface area contributed by atoms with E-state index in [4.69, 9.17) is 0 Å². The Morgan fingerprint density at radius 2 is 1.50 bits per heavy atom. The number of benzene rings is 1. The Morgan fingerprint density at radius 3 is 2.06 bits per heavy atom. The molecule has 4 heteroatoms. The highest BCUT2D eigenvalue weighted by Crippen LogP contribution is 2.18. The molecule has 1 aliphatic rings. The van der Waals surface area contributed by atoms with Crippen molar-refractivity contribution in [3.05, 3.63) is 35.1 Å². The fourth-order valence-electron chi connectivity index (χ4n) is 2.46. The van der Waals surface area contributed by atoms with Crippen molar-refractivity contribution >= 4 is 0 Å². The molecule has 100 valence electrons. The topological polar surface area (TPSA) is 12.0 Å². The van der Waals surface area contributed by atoms with Crippen LogP contribution in [0.15, 0.2) is 12.1 Å². The van der Waals surface area contributed by atoms with Gasteiger partial charge >= 0.3 is 0 Å². The van der Waals surface area contributed by atoms with Gasteiger partial charge in [-0.1, -0.05) is 25.7 Å². The second kappa shape index (κ2) is 6.23. The van der Waals surface area contributed by atoms with Crippen molar-refractivity contribution in [2.45, 2.75) is 51.1 Å². The Hall–Kier alpha value is -1.03. The average molecular weight is 257 g/mol. The summed E-state index contributed by atoms with van der Waals surface area (Å²) >= 11 is 0. The van der Waals surface area contributed by atoms with Gasteiger partial charge in [0.15, 0.2) is 17.5 Å². The second-order valence-corrected chi connectivity index (χ2v) is 4.94. The standard InChI is InChI=1S/C14H18F3N/c15-12-7-10(8-13(16)14(12)17)9-18-11-5-3-1-2-4-6-11/h7-8,11,18H,1-6,9H2. The third-order valence-electron chi connectivity index (χ3n) is 3.49. The Bertz CT molecular complexity index is 375. The third-order valence-corrected chi connectivity index (χ3v) is 3.49. The molecule has 0 saturated heterocycles. The highest BCUT2D eigenvalue weighted by Gasteiger charge is 2.13. The lowest BCUT2D eigenvalue weighted by Gasteiger charge is -2.16. The van der Waals surface area contributed by atoms with Crippen LogP contribution in [0.2, 0.25) is 0 Å². The van der Waals surface area contributed by atoms with Gasteiger partial charge in [0, 0.05) is 12.6 Å². The van der Waals surface area contributed by atoms with E-state index >= 15 is 0 Å². The molecule has 0 atom stereocenters. The molecule has 1 saturated carbocycles. The van der Waals surface area contributed by atoms with Gasteiger partial charge in [-0.25, -0.2) is 13.2 Å². The summed E-state index contributed by atoms with van der Waals surface area (Å²) in [5.41, 5.74) is 0.454. The van der Waals surface area contributed by atoms with Crippen molar-refractivity contribution in [3.8, 4) is 0 Å². The summed E-state index contributed by atoms with van der Waals surface area (Å²) in [6, 6.07) is 2.52. The molecule has 18 heavy (non-hydrogen) atoms. The zero-order valence-corrected chi connectivity index (χ0v) is 10.3. The minimum atomic E-state index is -1.40. The van der Waals surface area contributed by atoms with Crippen molar-refractivity contribution in [2.24, 2.45) is 0 Å². The van der Waals surface area contributed by atoms with E-state index in [1.165, 1.54) is 25.7 Å². The lowest BCUT2D eigenvalue weighted by atomic mass is 10.1. The minimum absolute atomic E-state index is 0.388. The molecule has 1 fully saturated rings. The lowest BCUT2D eigenvalue weighted by molar-refractivity contribution is 0.436. The molecule has 2 rings (SSSR count). The molecule has 0 unspecified atom stereocenters. The summed E-state index contributed by atoms with van der Waals surface area (Å²) in [6.07, 6.45) is 7.13. The monoisotopic (exact) mass is 257 g/mol. The summed E-state index contributed by atoms with van der Waals surface area (Å²) in [4.78, 5) is 0. The summed E-state index contributed by atoms with van der Waals surface area (Å²) in [7, 11) is 0. The van der Waals surface area contributed by atoms with Crippen LogP contribution in [0.25, 0.3) is 0 Å². The van der Waals surface area contributed by atoms with Gasteiger partial charge in [-0.05, 0) is 30.5 Å². The molecule has 0 bridgehead atoms. The highest BCUT2D eigenvalue weighted by molar-refractivity contribution is 5.19. The van der Waals surface area contributed by atoms with E-state index in [2.05, 4.69) is 5.32 Å². The van der Waals surface area contributed by atoms with Crippen LogP contribution in [0.5, 0.6) is 0 Å². The first-order valence-corrected chi connectivity index (χ1v) is 6.53. The van der Waals surface area contributed by atoms with Crippen molar-refractivity contribution in [3.63, 3.8) is 0 Å². The fraction of sp³-hybridized carbons (Fsp3) is 0.571. The van der Waals surface area contributed by atoms with Crippen molar-refractivity contribution < 1.29 is 13.2 Å². The van der Waals surface area contributed by atoms with E-state index in [-0.39, 0.29) is 0 Å². The first kappa shape index (κ1) is 13.4. The molecular weight excluding hydrogens is 239 g/mol. The van der Waals surface area contributed by atoms with Gasteiger partial charge in [-0.2, -0.15) is 0 Å². The van der Waals surface area contributed by atoms with Gasteiger partial charge in [0.2, 0.25) is 0 Å². The van der Waals surface area contributed by atoms with Crippen molar-refractivity contribution in [1.82, 2.24) is 5.32 Å². The van der Waals surface area contributed by atoms with Crippen LogP contribution >= 0.6 is 0 Å². The van der Waals surface area contributed by atoms with Crippen LogP contribution in [0.3, 0.4) is 0 Å². The maximum atomic E-state index is 13.0. The molecule has 0 aromatic heterocycles. The van der Waals surface area contributed by atoms with Crippen LogP contribution in [-0.2, 0) is 6.54 Å². The first-order valence-electron chi connectivity index (χ1n) is 6.53. The quantitative estimate of drug-likeness (QED) is 0.639. The highest BCUT2D eigenvalue weighted by atomic mass is 19.2. The van der Waals surface area contributed by atoms with E-state index in [0.29, 0.717) is 18.2 Å². The van der Waals surface area contributed by atoms with Crippen molar-refractivity contribution in [1.29, 1.82) is 0 Å². The third kappa shape index (κ3) is 3.48. The molecule has 0 heterocycles. The fourth-order valence-corrected chi connectivity index (χ4v) is 2.46. The normalized spacial score (nSPS) is 17.7. The van der Waals surface area contributed by atoms with E-state index in [9.17, 15) is 13.2 Å². The molecule has 0 aliphatic heterocycles. The van der Waals surface area contributed by atoms with Gasteiger partial charge in [-0.3, -0.25) is 0 Å². The Kier molecular flexibility index (Phi) is 4.64.